The second kappa shape index (κ2) is 6.98. The molecule has 82 valence electrons. The number of rotatable bonds is 7. The minimum absolute atomic E-state index is 0.195. The summed E-state index contributed by atoms with van der Waals surface area (Å²) in [4.78, 5) is 14.7. The van der Waals surface area contributed by atoms with Gasteiger partial charge in [0.25, 0.3) is 0 Å². The van der Waals surface area contributed by atoms with E-state index in [1.54, 1.807) is 0 Å². The molecule has 0 radical (unpaired) electrons. The summed E-state index contributed by atoms with van der Waals surface area (Å²) in [6.45, 7) is 0. The second-order valence-electron chi connectivity index (χ2n) is 3.70. The lowest BCUT2D eigenvalue weighted by atomic mass is 10.1. The van der Waals surface area contributed by atoms with E-state index < -0.39 is 0 Å². The maximum atomic E-state index is 10.5. The predicted octanol–water partition coefficient (Wildman–Crippen LogP) is 2.06. The summed E-state index contributed by atoms with van der Waals surface area (Å²) in [5.41, 5.74) is 6.20. The number of unbranched alkanes of at least 4 members (excludes halogenated alkanes) is 3. The molecule has 1 amide bonds. The van der Waals surface area contributed by atoms with E-state index in [0.717, 1.165) is 37.8 Å². The summed E-state index contributed by atoms with van der Waals surface area (Å²) in [7, 11) is 0. The fourth-order valence-corrected chi connectivity index (χ4v) is 1.50. The van der Waals surface area contributed by atoms with Gasteiger partial charge < -0.3 is 5.73 Å². The quantitative estimate of drug-likeness (QED) is 0.694. The largest absolute Gasteiger partial charge is 0.370 e. The number of aromatic nitrogens is 1. The minimum atomic E-state index is -0.195. The van der Waals surface area contributed by atoms with Crippen LogP contribution in [-0.4, -0.2) is 10.9 Å². The number of carbonyl (C=O) groups is 1. The van der Waals surface area contributed by atoms with E-state index in [0.29, 0.717) is 6.42 Å². The van der Waals surface area contributed by atoms with Gasteiger partial charge in [-0.1, -0.05) is 18.9 Å². The van der Waals surface area contributed by atoms with Gasteiger partial charge in [-0.15, -0.1) is 0 Å². The summed E-state index contributed by atoms with van der Waals surface area (Å²) in [5.74, 6) is -0.195. The number of primary amides is 1. The highest BCUT2D eigenvalue weighted by atomic mass is 16.1. The van der Waals surface area contributed by atoms with Crippen molar-refractivity contribution < 1.29 is 4.79 Å². The Hall–Kier alpha value is -1.38. The summed E-state index contributed by atoms with van der Waals surface area (Å²) >= 11 is 0. The van der Waals surface area contributed by atoms with Crippen LogP contribution < -0.4 is 5.73 Å². The zero-order valence-corrected chi connectivity index (χ0v) is 8.98. The Morgan fingerprint density at radius 3 is 2.67 bits per heavy atom. The van der Waals surface area contributed by atoms with Gasteiger partial charge in [-0.3, -0.25) is 9.78 Å². The predicted molar refractivity (Wildman–Crippen MR) is 60.2 cm³/mol. The van der Waals surface area contributed by atoms with Crippen LogP contribution in [0, 0.1) is 0 Å². The van der Waals surface area contributed by atoms with Crippen LogP contribution in [0.15, 0.2) is 24.4 Å². The topological polar surface area (TPSA) is 56.0 Å². The number of nitrogens with two attached hydrogens (primary N) is 1. The Kier molecular flexibility index (Phi) is 5.44. The summed E-state index contributed by atoms with van der Waals surface area (Å²) in [6.07, 6.45) is 7.64. The first-order chi connectivity index (χ1) is 7.29. The molecule has 3 nitrogen and oxygen atoms in total. The van der Waals surface area contributed by atoms with Gasteiger partial charge in [-0.2, -0.15) is 0 Å². The summed E-state index contributed by atoms with van der Waals surface area (Å²) in [6, 6.07) is 5.98. The van der Waals surface area contributed by atoms with Crippen molar-refractivity contribution in [1.82, 2.24) is 4.98 Å². The molecule has 1 heterocycles. The highest BCUT2D eigenvalue weighted by molar-refractivity contribution is 5.73. The van der Waals surface area contributed by atoms with Gasteiger partial charge in [-0.05, 0) is 31.4 Å². The fraction of sp³-hybridized carbons (Fsp3) is 0.500. The van der Waals surface area contributed by atoms with E-state index in [4.69, 9.17) is 5.73 Å². The molecule has 0 fully saturated rings. The molecule has 0 saturated carbocycles. The van der Waals surface area contributed by atoms with Crippen LogP contribution in [0.25, 0.3) is 0 Å². The molecule has 0 aliphatic carbocycles. The average molecular weight is 206 g/mol. The van der Waals surface area contributed by atoms with Crippen molar-refractivity contribution in [2.45, 2.75) is 38.5 Å². The van der Waals surface area contributed by atoms with E-state index in [1.807, 2.05) is 24.4 Å². The van der Waals surface area contributed by atoms with Gasteiger partial charge in [0.15, 0.2) is 0 Å². The molecule has 0 spiro atoms. The monoisotopic (exact) mass is 206 g/mol. The van der Waals surface area contributed by atoms with Crippen molar-refractivity contribution in [3.05, 3.63) is 30.1 Å². The van der Waals surface area contributed by atoms with Gasteiger partial charge in [-0.25, -0.2) is 0 Å². The van der Waals surface area contributed by atoms with Crippen LogP contribution in [0.2, 0.25) is 0 Å². The first-order valence-electron chi connectivity index (χ1n) is 5.47. The van der Waals surface area contributed by atoms with E-state index in [9.17, 15) is 4.79 Å². The number of hydrogen-bond acceptors (Lipinski definition) is 2. The van der Waals surface area contributed by atoms with Crippen LogP contribution in [0.3, 0.4) is 0 Å². The van der Waals surface area contributed by atoms with Crippen molar-refractivity contribution in [2.24, 2.45) is 5.73 Å². The normalized spacial score (nSPS) is 10.1. The Bertz CT molecular complexity index is 285. The minimum Gasteiger partial charge on any atom is -0.370 e. The number of aryl methyl sites for hydroxylation is 1. The van der Waals surface area contributed by atoms with E-state index in [1.165, 1.54) is 0 Å². The molecule has 0 aliphatic rings. The third-order valence-corrected chi connectivity index (χ3v) is 2.33. The number of nitrogens with zero attached hydrogens (tertiary/aromatic N) is 1. The van der Waals surface area contributed by atoms with E-state index >= 15 is 0 Å². The Morgan fingerprint density at radius 1 is 1.20 bits per heavy atom. The number of pyridine rings is 1. The first-order valence-corrected chi connectivity index (χ1v) is 5.47. The van der Waals surface area contributed by atoms with Gasteiger partial charge >= 0.3 is 0 Å². The molecule has 0 bridgehead atoms. The summed E-state index contributed by atoms with van der Waals surface area (Å²) in [5, 5.41) is 0. The molecule has 1 aromatic heterocycles. The Labute approximate surface area is 90.7 Å². The molecule has 0 saturated heterocycles. The van der Waals surface area contributed by atoms with Crippen LogP contribution in [0.4, 0.5) is 0 Å². The van der Waals surface area contributed by atoms with E-state index in [2.05, 4.69) is 4.98 Å². The standard InChI is InChI=1S/C12H18N2O/c13-12(15)9-4-2-1-3-7-11-8-5-6-10-14-11/h5-6,8,10H,1-4,7,9H2,(H2,13,15). The van der Waals surface area contributed by atoms with Gasteiger partial charge in [0, 0.05) is 18.3 Å². The van der Waals surface area contributed by atoms with Crippen LogP contribution in [0.5, 0.6) is 0 Å². The zero-order chi connectivity index (χ0) is 10.9. The molecule has 0 aliphatic heterocycles. The lowest BCUT2D eigenvalue weighted by Crippen LogP contribution is -2.09. The Balaban J connectivity index is 2.00. The Morgan fingerprint density at radius 2 is 2.00 bits per heavy atom. The van der Waals surface area contributed by atoms with Crippen molar-refractivity contribution in [1.29, 1.82) is 0 Å². The average Bonchev–Trinajstić information content (AvgIpc) is 2.24. The molecular weight excluding hydrogens is 188 g/mol. The molecular formula is C12H18N2O. The molecule has 0 aromatic carbocycles. The number of carbonyl (C=O) groups excluding carboxylic acids is 1. The van der Waals surface area contributed by atoms with E-state index in [-0.39, 0.29) is 5.91 Å². The summed E-state index contributed by atoms with van der Waals surface area (Å²) < 4.78 is 0. The lowest BCUT2D eigenvalue weighted by Gasteiger charge is -2.00. The second-order valence-corrected chi connectivity index (χ2v) is 3.70. The molecule has 2 N–H and O–H groups in total. The van der Waals surface area contributed by atoms with Crippen molar-refractivity contribution in [3.63, 3.8) is 0 Å². The van der Waals surface area contributed by atoms with Crippen LogP contribution in [0.1, 0.15) is 37.8 Å². The van der Waals surface area contributed by atoms with Crippen molar-refractivity contribution >= 4 is 5.91 Å². The number of amides is 1. The smallest absolute Gasteiger partial charge is 0.217 e. The third-order valence-electron chi connectivity index (χ3n) is 2.33. The van der Waals surface area contributed by atoms with Crippen LogP contribution >= 0.6 is 0 Å². The van der Waals surface area contributed by atoms with Crippen molar-refractivity contribution in [2.75, 3.05) is 0 Å². The molecule has 1 rings (SSSR count). The highest BCUT2D eigenvalue weighted by Crippen LogP contribution is 2.06. The van der Waals surface area contributed by atoms with Crippen molar-refractivity contribution in [3.8, 4) is 0 Å². The molecule has 3 heteroatoms. The van der Waals surface area contributed by atoms with Gasteiger partial charge in [0.1, 0.15) is 0 Å². The fourth-order valence-electron chi connectivity index (χ4n) is 1.50. The van der Waals surface area contributed by atoms with Gasteiger partial charge in [0.2, 0.25) is 5.91 Å². The molecule has 0 atom stereocenters. The third kappa shape index (κ3) is 5.83. The SMILES string of the molecule is NC(=O)CCCCCCc1ccccn1. The van der Waals surface area contributed by atoms with Crippen LogP contribution in [-0.2, 0) is 11.2 Å². The molecule has 1 aromatic rings. The zero-order valence-electron chi connectivity index (χ0n) is 8.98. The van der Waals surface area contributed by atoms with Gasteiger partial charge in [0.05, 0.1) is 0 Å². The maximum Gasteiger partial charge on any atom is 0.217 e. The molecule has 15 heavy (non-hydrogen) atoms. The highest BCUT2D eigenvalue weighted by Gasteiger charge is 1.96. The number of hydrogen-bond donors (Lipinski definition) is 1. The maximum absolute atomic E-state index is 10.5. The first kappa shape index (κ1) is 11.7. The molecule has 0 unspecified atom stereocenters. The lowest BCUT2D eigenvalue weighted by molar-refractivity contribution is -0.118.